The number of aryl methyl sites for hydroxylation is 2. The minimum Gasteiger partial charge on any atom is -0.481 e. The van der Waals surface area contributed by atoms with Crippen LogP contribution in [0.5, 0.6) is 0 Å². The Bertz CT molecular complexity index is 468. The van der Waals surface area contributed by atoms with Crippen molar-refractivity contribution in [2.24, 2.45) is 0 Å². The second-order valence-electron chi connectivity index (χ2n) is 5.35. The lowest BCUT2D eigenvalue weighted by molar-refractivity contribution is -0.138. The third-order valence-corrected chi connectivity index (χ3v) is 4.05. The lowest BCUT2D eigenvalue weighted by Gasteiger charge is -2.33. The second kappa shape index (κ2) is 6.88. The quantitative estimate of drug-likeness (QED) is 0.835. The van der Waals surface area contributed by atoms with E-state index < -0.39 is 5.97 Å². The Labute approximate surface area is 121 Å². The molecule has 2 atom stereocenters. The SMILES string of the molecule is CCN(C(C)CC(=O)O)C(C)c1c(C)nn(CC)c1C. The fraction of sp³-hybridized carbons (Fsp3) is 0.733. The molecule has 1 rings (SSSR count). The van der Waals surface area contributed by atoms with Gasteiger partial charge in [-0.3, -0.25) is 14.4 Å². The third-order valence-electron chi connectivity index (χ3n) is 4.05. The molecule has 0 saturated heterocycles. The monoisotopic (exact) mass is 281 g/mol. The Morgan fingerprint density at radius 1 is 1.35 bits per heavy atom. The zero-order chi connectivity index (χ0) is 15.4. The van der Waals surface area contributed by atoms with Crippen LogP contribution in [0.3, 0.4) is 0 Å². The van der Waals surface area contributed by atoms with Gasteiger partial charge in [0, 0.05) is 29.9 Å². The molecule has 0 bridgehead atoms. The van der Waals surface area contributed by atoms with Crippen molar-refractivity contribution in [2.75, 3.05) is 6.54 Å². The predicted molar refractivity (Wildman–Crippen MR) is 79.9 cm³/mol. The van der Waals surface area contributed by atoms with Crippen LogP contribution in [0.4, 0.5) is 0 Å². The minimum atomic E-state index is -0.749. The van der Waals surface area contributed by atoms with E-state index in [0.29, 0.717) is 0 Å². The van der Waals surface area contributed by atoms with Crippen LogP contribution in [0, 0.1) is 13.8 Å². The minimum absolute atomic E-state index is 0.0104. The van der Waals surface area contributed by atoms with E-state index >= 15 is 0 Å². The summed E-state index contributed by atoms with van der Waals surface area (Å²) in [4.78, 5) is 13.2. The van der Waals surface area contributed by atoms with Gasteiger partial charge in [0.2, 0.25) is 0 Å². The molecule has 1 heterocycles. The van der Waals surface area contributed by atoms with E-state index in [1.807, 2.05) is 18.5 Å². The number of hydrogen-bond acceptors (Lipinski definition) is 3. The summed E-state index contributed by atoms with van der Waals surface area (Å²) in [5.74, 6) is -0.749. The standard InChI is InChI=1S/C15H27N3O2/c1-7-17(10(3)9-14(19)20)12(5)15-11(4)16-18(8-2)13(15)6/h10,12H,7-9H2,1-6H3,(H,19,20). The molecule has 1 aromatic heterocycles. The Morgan fingerprint density at radius 3 is 2.35 bits per heavy atom. The van der Waals surface area contributed by atoms with Gasteiger partial charge in [-0.15, -0.1) is 0 Å². The van der Waals surface area contributed by atoms with Gasteiger partial charge in [0.15, 0.2) is 0 Å². The van der Waals surface area contributed by atoms with Crippen LogP contribution < -0.4 is 0 Å². The maximum Gasteiger partial charge on any atom is 0.304 e. The Kier molecular flexibility index (Phi) is 5.74. The fourth-order valence-electron chi connectivity index (χ4n) is 3.13. The van der Waals surface area contributed by atoms with Gasteiger partial charge in [-0.1, -0.05) is 6.92 Å². The number of rotatable bonds is 7. The molecule has 0 aliphatic rings. The zero-order valence-corrected chi connectivity index (χ0v) is 13.5. The van der Waals surface area contributed by atoms with Gasteiger partial charge < -0.3 is 5.11 Å². The molecule has 0 aliphatic carbocycles. The highest BCUT2D eigenvalue weighted by atomic mass is 16.4. The summed E-state index contributed by atoms with van der Waals surface area (Å²) in [6.07, 6.45) is 0.165. The van der Waals surface area contributed by atoms with Gasteiger partial charge in [0.1, 0.15) is 0 Å². The summed E-state index contributed by atoms with van der Waals surface area (Å²) >= 11 is 0. The molecule has 0 radical (unpaired) electrons. The number of aliphatic carboxylic acids is 1. The van der Waals surface area contributed by atoms with Gasteiger partial charge in [0.05, 0.1) is 12.1 Å². The predicted octanol–water partition coefficient (Wildman–Crippen LogP) is 2.77. The molecule has 1 aromatic rings. The van der Waals surface area contributed by atoms with Crippen molar-refractivity contribution < 1.29 is 9.90 Å². The Morgan fingerprint density at radius 2 is 1.95 bits per heavy atom. The van der Waals surface area contributed by atoms with Crippen LogP contribution in [0.2, 0.25) is 0 Å². The first-order valence-electron chi connectivity index (χ1n) is 7.34. The molecule has 5 heteroatoms. The van der Waals surface area contributed by atoms with Crippen molar-refractivity contribution in [1.29, 1.82) is 0 Å². The van der Waals surface area contributed by atoms with Crippen LogP contribution in [0.15, 0.2) is 0 Å². The maximum absolute atomic E-state index is 10.9. The average molecular weight is 281 g/mol. The molecular weight excluding hydrogens is 254 g/mol. The number of carbonyl (C=O) groups is 1. The molecule has 0 aromatic carbocycles. The van der Waals surface area contributed by atoms with E-state index in [4.69, 9.17) is 5.11 Å². The molecule has 5 nitrogen and oxygen atoms in total. The van der Waals surface area contributed by atoms with Crippen LogP contribution in [-0.4, -0.2) is 38.3 Å². The lowest BCUT2D eigenvalue weighted by atomic mass is 10.0. The number of aromatic nitrogens is 2. The summed E-state index contributed by atoms with van der Waals surface area (Å²) in [6.45, 7) is 14.1. The first-order chi connectivity index (χ1) is 9.33. The van der Waals surface area contributed by atoms with Gasteiger partial charge >= 0.3 is 5.97 Å². The summed E-state index contributed by atoms with van der Waals surface area (Å²) in [6, 6.07) is 0.186. The van der Waals surface area contributed by atoms with Crippen molar-refractivity contribution in [3.63, 3.8) is 0 Å². The van der Waals surface area contributed by atoms with Gasteiger partial charge in [-0.05, 0) is 41.2 Å². The summed E-state index contributed by atoms with van der Waals surface area (Å²) < 4.78 is 2.01. The maximum atomic E-state index is 10.9. The van der Waals surface area contributed by atoms with Gasteiger partial charge in [-0.2, -0.15) is 5.10 Å². The van der Waals surface area contributed by atoms with Gasteiger partial charge in [0.25, 0.3) is 0 Å². The molecule has 114 valence electrons. The highest BCUT2D eigenvalue weighted by Gasteiger charge is 2.26. The van der Waals surface area contributed by atoms with Crippen molar-refractivity contribution in [3.05, 3.63) is 17.0 Å². The van der Waals surface area contributed by atoms with E-state index in [9.17, 15) is 4.79 Å². The van der Waals surface area contributed by atoms with Crippen molar-refractivity contribution in [1.82, 2.24) is 14.7 Å². The van der Waals surface area contributed by atoms with Crippen LogP contribution in [0.1, 0.15) is 57.1 Å². The first-order valence-corrected chi connectivity index (χ1v) is 7.34. The third kappa shape index (κ3) is 3.39. The summed E-state index contributed by atoms with van der Waals surface area (Å²) in [7, 11) is 0. The van der Waals surface area contributed by atoms with E-state index in [-0.39, 0.29) is 18.5 Å². The molecule has 20 heavy (non-hydrogen) atoms. The van der Waals surface area contributed by atoms with Gasteiger partial charge in [-0.25, -0.2) is 0 Å². The number of carboxylic acids is 1. The van der Waals surface area contributed by atoms with Crippen molar-refractivity contribution >= 4 is 5.97 Å². The Hall–Kier alpha value is -1.36. The molecule has 0 amide bonds. The van der Waals surface area contributed by atoms with Crippen LogP contribution >= 0.6 is 0 Å². The normalized spacial score (nSPS) is 14.6. The molecule has 1 N–H and O–H groups in total. The molecule has 0 aliphatic heterocycles. The van der Waals surface area contributed by atoms with Crippen molar-refractivity contribution in [3.8, 4) is 0 Å². The van der Waals surface area contributed by atoms with E-state index in [1.165, 1.54) is 11.3 Å². The topological polar surface area (TPSA) is 58.4 Å². The lowest BCUT2D eigenvalue weighted by Crippen LogP contribution is -2.37. The largest absolute Gasteiger partial charge is 0.481 e. The van der Waals surface area contributed by atoms with E-state index in [0.717, 1.165) is 18.8 Å². The number of nitrogens with zero attached hydrogens (tertiary/aromatic N) is 3. The second-order valence-corrected chi connectivity index (χ2v) is 5.35. The first kappa shape index (κ1) is 16.7. The van der Waals surface area contributed by atoms with E-state index in [2.05, 4.69) is 37.7 Å². The Balaban J connectivity index is 3.05. The summed E-state index contributed by atoms with van der Waals surface area (Å²) in [5, 5.41) is 13.5. The summed E-state index contributed by atoms with van der Waals surface area (Å²) in [5.41, 5.74) is 3.45. The number of hydrogen-bond donors (Lipinski definition) is 1. The van der Waals surface area contributed by atoms with Crippen LogP contribution in [0.25, 0.3) is 0 Å². The smallest absolute Gasteiger partial charge is 0.304 e. The average Bonchev–Trinajstić information content (AvgIpc) is 2.63. The highest BCUT2D eigenvalue weighted by Crippen LogP contribution is 2.28. The number of carboxylic acid groups (broad SMARTS) is 1. The fourth-order valence-corrected chi connectivity index (χ4v) is 3.13. The van der Waals surface area contributed by atoms with Crippen molar-refractivity contribution in [2.45, 2.75) is 66.6 Å². The van der Waals surface area contributed by atoms with Crippen LogP contribution in [-0.2, 0) is 11.3 Å². The van der Waals surface area contributed by atoms with E-state index in [1.54, 1.807) is 0 Å². The molecule has 0 saturated carbocycles. The zero-order valence-electron chi connectivity index (χ0n) is 13.5. The highest BCUT2D eigenvalue weighted by molar-refractivity contribution is 5.67. The molecule has 2 unspecified atom stereocenters. The molecule has 0 spiro atoms. The molecular formula is C15H27N3O2. The molecule has 0 fully saturated rings.